The van der Waals surface area contributed by atoms with Crippen molar-refractivity contribution in [1.29, 1.82) is 0 Å². The van der Waals surface area contributed by atoms with Gasteiger partial charge in [0.2, 0.25) is 0 Å². The molecule has 3 rings (SSSR count). The highest BCUT2D eigenvalue weighted by atomic mass is 32.2. The van der Waals surface area contributed by atoms with Crippen molar-refractivity contribution >= 4 is 35.0 Å². The van der Waals surface area contributed by atoms with Crippen molar-refractivity contribution in [3.05, 3.63) is 87.7 Å². The van der Waals surface area contributed by atoms with E-state index in [4.69, 9.17) is 0 Å². The van der Waals surface area contributed by atoms with Crippen molar-refractivity contribution in [2.75, 3.05) is 11.1 Å². The zero-order valence-electron chi connectivity index (χ0n) is 14.7. The molecule has 0 aliphatic heterocycles. The van der Waals surface area contributed by atoms with E-state index in [0.29, 0.717) is 10.6 Å². The van der Waals surface area contributed by atoms with Crippen molar-refractivity contribution in [2.45, 2.75) is 5.03 Å². The zero-order chi connectivity index (χ0) is 20.8. The quantitative estimate of drug-likeness (QED) is 0.272. The summed E-state index contributed by atoms with van der Waals surface area (Å²) in [5.41, 5.74) is 0.421. The van der Waals surface area contributed by atoms with Crippen LogP contribution in [0.15, 0.2) is 65.7 Å². The molecule has 2 aromatic carbocycles. The molecule has 29 heavy (non-hydrogen) atoms. The lowest BCUT2D eigenvalue weighted by molar-refractivity contribution is -0.384. The number of nitro groups is 1. The third kappa shape index (κ3) is 5.42. The molecule has 0 bridgehead atoms. The largest absolute Gasteiger partial charge is 0.305 e. The van der Waals surface area contributed by atoms with E-state index >= 15 is 0 Å². The van der Waals surface area contributed by atoms with Crippen LogP contribution in [0, 0.1) is 15.9 Å². The lowest BCUT2D eigenvalue weighted by Crippen LogP contribution is -2.13. The Kier molecular flexibility index (Phi) is 6.25. The van der Waals surface area contributed by atoms with Crippen LogP contribution in [0.25, 0.3) is 0 Å². The highest BCUT2D eigenvalue weighted by Gasteiger charge is 2.12. The van der Waals surface area contributed by atoms with E-state index in [1.165, 1.54) is 48.5 Å². The van der Waals surface area contributed by atoms with Gasteiger partial charge < -0.3 is 5.32 Å². The number of non-ortho nitro benzene ring substituents is 1. The molecule has 0 saturated heterocycles. The topological polar surface area (TPSA) is 115 Å². The SMILES string of the molecule is O=C(CSc1ccc(NC(=O)c2cccc(F)c2)nn1)c1ccc([N+](=O)[O-])cc1. The molecule has 1 amide bonds. The Bertz CT molecular complexity index is 1060. The summed E-state index contributed by atoms with van der Waals surface area (Å²) in [4.78, 5) is 34.3. The number of anilines is 1. The second-order valence-electron chi connectivity index (χ2n) is 5.74. The Morgan fingerprint density at radius 3 is 2.41 bits per heavy atom. The molecule has 0 spiro atoms. The third-order valence-electron chi connectivity index (χ3n) is 3.72. The van der Waals surface area contributed by atoms with Crippen LogP contribution in [0.3, 0.4) is 0 Å². The van der Waals surface area contributed by atoms with Crippen molar-refractivity contribution < 1.29 is 18.9 Å². The van der Waals surface area contributed by atoms with Crippen LogP contribution in [0.1, 0.15) is 20.7 Å². The molecule has 0 radical (unpaired) electrons. The first kappa shape index (κ1) is 20.1. The van der Waals surface area contributed by atoms with Crippen molar-refractivity contribution in [2.24, 2.45) is 0 Å². The first-order valence-corrected chi connectivity index (χ1v) is 9.22. The van der Waals surface area contributed by atoms with Gasteiger partial charge in [0.1, 0.15) is 10.8 Å². The number of Topliss-reactive ketones (excluding diaryl/α,β-unsaturated/α-hetero) is 1. The fourth-order valence-electron chi connectivity index (χ4n) is 2.27. The van der Waals surface area contributed by atoms with Crippen LogP contribution in [-0.2, 0) is 0 Å². The molecule has 8 nitrogen and oxygen atoms in total. The Hall–Kier alpha value is -3.66. The molecule has 1 heterocycles. The Balaban J connectivity index is 1.55. The molecule has 0 atom stereocenters. The molecule has 0 unspecified atom stereocenters. The molecule has 0 saturated carbocycles. The number of benzene rings is 2. The molecule has 0 fully saturated rings. The number of nitro benzene ring substituents is 1. The molecule has 10 heteroatoms. The summed E-state index contributed by atoms with van der Waals surface area (Å²) in [6, 6.07) is 13.7. The average Bonchev–Trinajstić information content (AvgIpc) is 2.73. The highest BCUT2D eigenvalue weighted by Crippen LogP contribution is 2.19. The number of rotatable bonds is 7. The second-order valence-corrected chi connectivity index (χ2v) is 6.73. The summed E-state index contributed by atoms with van der Waals surface area (Å²) in [6.45, 7) is 0. The second kappa shape index (κ2) is 9.02. The number of aromatic nitrogens is 2. The fraction of sp³-hybridized carbons (Fsp3) is 0.0526. The number of halogens is 1. The summed E-state index contributed by atoms with van der Waals surface area (Å²) in [7, 11) is 0. The molecule has 1 aromatic heterocycles. The van der Waals surface area contributed by atoms with E-state index in [9.17, 15) is 24.1 Å². The van der Waals surface area contributed by atoms with Gasteiger partial charge in [-0.05, 0) is 42.5 Å². The van der Waals surface area contributed by atoms with Crippen LogP contribution < -0.4 is 5.32 Å². The van der Waals surface area contributed by atoms with E-state index < -0.39 is 16.6 Å². The average molecular weight is 412 g/mol. The number of carbonyl (C=O) groups is 2. The van der Waals surface area contributed by atoms with Crippen LogP contribution in [0.4, 0.5) is 15.9 Å². The van der Waals surface area contributed by atoms with Gasteiger partial charge >= 0.3 is 0 Å². The standard InChI is InChI=1S/C19H13FN4O4S/c20-14-3-1-2-13(10-14)19(26)21-17-8-9-18(23-22-17)29-11-16(25)12-4-6-15(7-5-12)24(27)28/h1-10H,11H2,(H,21,22,26). The minimum atomic E-state index is -0.535. The lowest BCUT2D eigenvalue weighted by atomic mass is 10.1. The number of hydrogen-bond acceptors (Lipinski definition) is 7. The van der Waals surface area contributed by atoms with Crippen molar-refractivity contribution in [1.82, 2.24) is 10.2 Å². The molecule has 3 aromatic rings. The minimum Gasteiger partial charge on any atom is -0.305 e. The van der Waals surface area contributed by atoms with Gasteiger partial charge in [-0.1, -0.05) is 17.8 Å². The van der Waals surface area contributed by atoms with Crippen LogP contribution in [-0.4, -0.2) is 32.6 Å². The van der Waals surface area contributed by atoms with Crippen molar-refractivity contribution in [3.8, 4) is 0 Å². The van der Waals surface area contributed by atoms with Gasteiger partial charge in [0.15, 0.2) is 11.6 Å². The van der Waals surface area contributed by atoms with Gasteiger partial charge in [0.05, 0.1) is 10.7 Å². The molecular formula is C19H13FN4O4S. The van der Waals surface area contributed by atoms with E-state index in [1.807, 2.05) is 0 Å². The summed E-state index contributed by atoms with van der Waals surface area (Å²) >= 11 is 1.14. The number of ketones is 1. The molecule has 0 aliphatic carbocycles. The summed E-state index contributed by atoms with van der Waals surface area (Å²) < 4.78 is 13.2. The van der Waals surface area contributed by atoms with Gasteiger partial charge in [0, 0.05) is 23.3 Å². The summed E-state index contributed by atoms with van der Waals surface area (Å²) in [6.07, 6.45) is 0. The Morgan fingerprint density at radius 2 is 1.79 bits per heavy atom. The molecular weight excluding hydrogens is 399 g/mol. The number of hydrogen-bond donors (Lipinski definition) is 1. The zero-order valence-corrected chi connectivity index (χ0v) is 15.6. The minimum absolute atomic E-state index is 0.0709. The first-order valence-electron chi connectivity index (χ1n) is 8.23. The summed E-state index contributed by atoms with van der Waals surface area (Å²) in [5.74, 6) is -0.997. The van der Waals surface area contributed by atoms with Gasteiger partial charge in [0.25, 0.3) is 11.6 Å². The number of thioether (sulfide) groups is 1. The monoisotopic (exact) mass is 412 g/mol. The van der Waals surface area contributed by atoms with Crippen molar-refractivity contribution in [3.63, 3.8) is 0 Å². The number of carbonyl (C=O) groups excluding carboxylic acids is 2. The van der Waals surface area contributed by atoms with E-state index in [0.717, 1.165) is 17.8 Å². The predicted molar refractivity (Wildman–Crippen MR) is 105 cm³/mol. The fourth-order valence-corrected chi connectivity index (χ4v) is 2.98. The molecule has 146 valence electrons. The van der Waals surface area contributed by atoms with E-state index in [2.05, 4.69) is 15.5 Å². The maximum Gasteiger partial charge on any atom is 0.269 e. The number of amides is 1. The van der Waals surface area contributed by atoms with Gasteiger partial charge in [-0.15, -0.1) is 10.2 Å². The maximum absolute atomic E-state index is 13.2. The van der Waals surface area contributed by atoms with Gasteiger partial charge in [-0.2, -0.15) is 0 Å². The summed E-state index contributed by atoms with van der Waals surface area (Å²) in [5, 5.41) is 21.4. The predicted octanol–water partition coefficient (Wildman–Crippen LogP) is 3.75. The smallest absolute Gasteiger partial charge is 0.269 e. The third-order valence-corrected chi connectivity index (χ3v) is 4.64. The van der Waals surface area contributed by atoms with E-state index in [1.54, 1.807) is 6.07 Å². The molecule has 1 N–H and O–H groups in total. The maximum atomic E-state index is 13.2. The highest BCUT2D eigenvalue weighted by molar-refractivity contribution is 7.99. The van der Waals surface area contributed by atoms with Crippen LogP contribution in [0.2, 0.25) is 0 Å². The first-order chi connectivity index (χ1) is 13.9. The number of nitrogens with one attached hydrogen (secondary N) is 1. The normalized spacial score (nSPS) is 10.4. The van der Waals surface area contributed by atoms with Crippen LogP contribution in [0.5, 0.6) is 0 Å². The molecule has 0 aliphatic rings. The Morgan fingerprint density at radius 1 is 1.03 bits per heavy atom. The van der Waals surface area contributed by atoms with E-state index in [-0.39, 0.29) is 28.6 Å². The Labute approximate surface area is 168 Å². The van der Waals surface area contributed by atoms with Gasteiger partial charge in [-0.25, -0.2) is 4.39 Å². The lowest BCUT2D eigenvalue weighted by Gasteiger charge is -2.05. The van der Waals surface area contributed by atoms with Crippen LogP contribution >= 0.6 is 11.8 Å². The van der Waals surface area contributed by atoms with Gasteiger partial charge in [-0.3, -0.25) is 19.7 Å². The number of nitrogens with zero attached hydrogens (tertiary/aromatic N) is 3.